The molecule has 0 spiro atoms. The van der Waals surface area contributed by atoms with E-state index in [-0.39, 0.29) is 18.7 Å². The number of para-hydroxylation sites is 1. The number of fused-ring (bicyclic) bond motifs is 1. The predicted octanol–water partition coefficient (Wildman–Crippen LogP) is 5.44. The molecule has 3 rings (SSSR count). The van der Waals surface area contributed by atoms with Crippen molar-refractivity contribution in [3.63, 3.8) is 0 Å². The third-order valence-corrected chi connectivity index (χ3v) is 5.78. The quantitative estimate of drug-likeness (QED) is 0.419. The molecule has 1 heterocycles. The van der Waals surface area contributed by atoms with Crippen LogP contribution in [0.15, 0.2) is 51.7 Å². The molecule has 0 atom stereocenters. The highest BCUT2D eigenvalue weighted by atomic mass is 16.6. The second kappa shape index (κ2) is 11.3. The SMILES string of the molecule is CCN(Cc1ccccc1NC(=O)CCc1c(C)c2ccc(OC)cc2oc1=O)C(=O)OC(C)(C)C. The number of amides is 2. The fraction of sp³-hybridized carbons (Fsp3) is 0.393. The van der Waals surface area contributed by atoms with Gasteiger partial charge in [-0.1, -0.05) is 18.2 Å². The molecule has 0 fully saturated rings. The van der Waals surface area contributed by atoms with Crippen LogP contribution in [0.1, 0.15) is 50.8 Å². The van der Waals surface area contributed by atoms with Gasteiger partial charge in [0.05, 0.1) is 13.7 Å². The fourth-order valence-corrected chi connectivity index (χ4v) is 3.86. The molecule has 192 valence electrons. The van der Waals surface area contributed by atoms with Crippen molar-refractivity contribution in [2.24, 2.45) is 0 Å². The van der Waals surface area contributed by atoms with Crippen molar-refractivity contribution in [1.82, 2.24) is 4.90 Å². The molecule has 0 aliphatic carbocycles. The van der Waals surface area contributed by atoms with E-state index in [2.05, 4.69) is 5.32 Å². The number of rotatable bonds is 8. The van der Waals surface area contributed by atoms with Gasteiger partial charge in [-0.25, -0.2) is 9.59 Å². The van der Waals surface area contributed by atoms with E-state index in [1.807, 2.05) is 58.9 Å². The highest BCUT2D eigenvalue weighted by molar-refractivity contribution is 5.92. The molecule has 8 heteroatoms. The second-order valence-electron chi connectivity index (χ2n) is 9.56. The molecule has 0 radical (unpaired) electrons. The summed E-state index contributed by atoms with van der Waals surface area (Å²) in [6, 6.07) is 12.6. The first-order chi connectivity index (χ1) is 17.0. The van der Waals surface area contributed by atoms with E-state index < -0.39 is 17.3 Å². The highest BCUT2D eigenvalue weighted by Gasteiger charge is 2.22. The molecule has 0 aliphatic heterocycles. The molecule has 1 N–H and O–H groups in total. The fourth-order valence-electron chi connectivity index (χ4n) is 3.86. The second-order valence-corrected chi connectivity index (χ2v) is 9.56. The minimum Gasteiger partial charge on any atom is -0.497 e. The van der Waals surface area contributed by atoms with Gasteiger partial charge in [-0.2, -0.15) is 0 Å². The number of nitrogens with zero attached hydrogens (tertiary/aromatic N) is 1. The lowest BCUT2D eigenvalue weighted by atomic mass is 10.0. The van der Waals surface area contributed by atoms with Gasteiger partial charge in [0, 0.05) is 35.7 Å². The summed E-state index contributed by atoms with van der Waals surface area (Å²) in [5.74, 6) is 0.362. The largest absolute Gasteiger partial charge is 0.497 e. The number of methoxy groups -OCH3 is 1. The summed E-state index contributed by atoms with van der Waals surface area (Å²) < 4.78 is 16.2. The van der Waals surface area contributed by atoms with E-state index in [9.17, 15) is 14.4 Å². The van der Waals surface area contributed by atoms with Gasteiger partial charge >= 0.3 is 11.7 Å². The van der Waals surface area contributed by atoms with Crippen LogP contribution in [0.2, 0.25) is 0 Å². The molecule has 0 saturated carbocycles. The first-order valence-corrected chi connectivity index (χ1v) is 12.0. The summed E-state index contributed by atoms with van der Waals surface area (Å²) in [5, 5.41) is 3.73. The standard InChI is InChI=1S/C28H34N2O6/c1-7-30(27(33)36-28(3,4)5)17-19-10-8-9-11-23(19)29-25(31)15-14-22-18(2)21-13-12-20(34-6)16-24(21)35-26(22)32/h8-13,16H,7,14-15,17H2,1-6H3,(H,29,31). The van der Waals surface area contributed by atoms with Crippen molar-refractivity contribution in [2.75, 3.05) is 19.0 Å². The lowest BCUT2D eigenvalue weighted by Gasteiger charge is -2.27. The average Bonchev–Trinajstić information content (AvgIpc) is 2.81. The van der Waals surface area contributed by atoms with E-state index in [0.29, 0.717) is 35.7 Å². The third-order valence-electron chi connectivity index (χ3n) is 5.78. The van der Waals surface area contributed by atoms with E-state index >= 15 is 0 Å². The van der Waals surface area contributed by atoms with Gasteiger partial charge in [0.25, 0.3) is 0 Å². The molecule has 0 saturated heterocycles. The van der Waals surface area contributed by atoms with Gasteiger partial charge in [-0.05, 0) is 70.4 Å². The van der Waals surface area contributed by atoms with Gasteiger partial charge in [0.2, 0.25) is 5.91 Å². The van der Waals surface area contributed by atoms with Crippen molar-refractivity contribution in [1.29, 1.82) is 0 Å². The van der Waals surface area contributed by atoms with E-state index in [0.717, 1.165) is 16.5 Å². The molecule has 3 aromatic rings. The minimum atomic E-state index is -0.599. The number of aryl methyl sites for hydroxylation is 1. The van der Waals surface area contributed by atoms with Crippen molar-refractivity contribution in [2.45, 2.75) is 59.6 Å². The predicted molar refractivity (Wildman–Crippen MR) is 139 cm³/mol. The monoisotopic (exact) mass is 494 g/mol. The van der Waals surface area contributed by atoms with Gasteiger partial charge in [-0.3, -0.25) is 4.79 Å². The van der Waals surface area contributed by atoms with Gasteiger partial charge in [0.1, 0.15) is 16.9 Å². The molecule has 2 aromatic carbocycles. The maximum absolute atomic E-state index is 12.8. The number of ether oxygens (including phenoxy) is 2. The number of benzene rings is 2. The van der Waals surface area contributed by atoms with Crippen molar-refractivity contribution < 1.29 is 23.5 Å². The lowest BCUT2D eigenvalue weighted by Crippen LogP contribution is -2.36. The number of hydrogen-bond acceptors (Lipinski definition) is 6. The van der Waals surface area contributed by atoms with Crippen LogP contribution < -0.4 is 15.7 Å². The maximum Gasteiger partial charge on any atom is 0.410 e. The Balaban J connectivity index is 1.71. The van der Waals surface area contributed by atoms with Gasteiger partial charge in [0.15, 0.2) is 0 Å². The molecular weight excluding hydrogens is 460 g/mol. The van der Waals surface area contributed by atoms with Crippen LogP contribution in [0.4, 0.5) is 10.5 Å². The Hall–Kier alpha value is -3.81. The Morgan fingerprint density at radius 1 is 1.11 bits per heavy atom. The Bertz CT molecular complexity index is 1310. The average molecular weight is 495 g/mol. The Morgan fingerprint density at radius 2 is 1.83 bits per heavy atom. The van der Waals surface area contributed by atoms with E-state index in [1.165, 1.54) is 0 Å². The smallest absolute Gasteiger partial charge is 0.410 e. The van der Waals surface area contributed by atoms with Crippen LogP contribution in [0, 0.1) is 6.92 Å². The van der Waals surface area contributed by atoms with Crippen LogP contribution in [0.25, 0.3) is 11.0 Å². The summed E-state index contributed by atoms with van der Waals surface area (Å²) >= 11 is 0. The van der Waals surface area contributed by atoms with Crippen molar-refractivity contribution in [3.05, 3.63) is 69.6 Å². The molecule has 36 heavy (non-hydrogen) atoms. The Labute approximate surface area is 211 Å². The summed E-state index contributed by atoms with van der Waals surface area (Å²) in [5.41, 5.74) is 2.04. The zero-order chi connectivity index (χ0) is 26.5. The zero-order valence-electron chi connectivity index (χ0n) is 21.8. The number of hydrogen-bond donors (Lipinski definition) is 1. The number of nitrogens with one attached hydrogen (secondary N) is 1. The van der Waals surface area contributed by atoms with Crippen LogP contribution >= 0.6 is 0 Å². The van der Waals surface area contributed by atoms with Crippen LogP contribution in [-0.2, 0) is 22.5 Å². The molecule has 0 aliphatic rings. The van der Waals surface area contributed by atoms with Crippen LogP contribution in [-0.4, -0.2) is 36.2 Å². The molecule has 0 unspecified atom stereocenters. The van der Waals surface area contributed by atoms with Gasteiger partial charge < -0.3 is 24.1 Å². The van der Waals surface area contributed by atoms with E-state index in [1.54, 1.807) is 30.2 Å². The first kappa shape index (κ1) is 26.8. The van der Waals surface area contributed by atoms with Crippen LogP contribution in [0.3, 0.4) is 0 Å². The summed E-state index contributed by atoms with van der Waals surface area (Å²) in [7, 11) is 1.55. The molecule has 1 aromatic heterocycles. The topological polar surface area (TPSA) is 98.1 Å². The molecule has 8 nitrogen and oxygen atoms in total. The van der Waals surface area contributed by atoms with Crippen molar-refractivity contribution in [3.8, 4) is 5.75 Å². The van der Waals surface area contributed by atoms with Crippen LogP contribution in [0.5, 0.6) is 5.75 Å². The molecular formula is C28H34N2O6. The van der Waals surface area contributed by atoms with Gasteiger partial charge in [-0.15, -0.1) is 0 Å². The Morgan fingerprint density at radius 3 is 2.50 bits per heavy atom. The number of carbonyl (C=O) groups is 2. The summed E-state index contributed by atoms with van der Waals surface area (Å²) in [4.78, 5) is 39.6. The minimum absolute atomic E-state index is 0.102. The molecule has 0 bridgehead atoms. The molecule has 2 amide bonds. The third kappa shape index (κ3) is 6.65. The number of carbonyl (C=O) groups excluding carboxylic acids is 2. The normalized spacial score (nSPS) is 11.3. The first-order valence-electron chi connectivity index (χ1n) is 12.0. The summed E-state index contributed by atoms with van der Waals surface area (Å²) in [6.45, 7) is 9.94. The summed E-state index contributed by atoms with van der Waals surface area (Å²) in [6.07, 6.45) is -0.0730. The number of anilines is 1. The highest BCUT2D eigenvalue weighted by Crippen LogP contribution is 2.25. The zero-order valence-corrected chi connectivity index (χ0v) is 21.8. The Kier molecular flexibility index (Phi) is 8.40. The van der Waals surface area contributed by atoms with Crippen molar-refractivity contribution >= 4 is 28.7 Å². The van der Waals surface area contributed by atoms with E-state index in [4.69, 9.17) is 13.9 Å². The lowest BCUT2D eigenvalue weighted by molar-refractivity contribution is -0.116. The maximum atomic E-state index is 12.8.